The molecule has 0 saturated heterocycles. The highest BCUT2D eigenvalue weighted by atomic mass is 16.1. The van der Waals surface area contributed by atoms with Crippen LogP contribution in [-0.2, 0) is 24.2 Å². The number of benzene rings is 2. The lowest BCUT2D eigenvalue weighted by Crippen LogP contribution is -2.36. The monoisotopic (exact) mass is 334 g/mol. The fraction of sp³-hybridized carbons (Fsp3) is 0.409. The van der Waals surface area contributed by atoms with Crippen molar-refractivity contribution in [1.29, 1.82) is 0 Å². The number of hydrogen-bond donors (Lipinski definition) is 1. The van der Waals surface area contributed by atoms with Crippen molar-refractivity contribution in [3.8, 4) is 0 Å². The van der Waals surface area contributed by atoms with E-state index in [9.17, 15) is 4.79 Å². The first-order valence-corrected chi connectivity index (χ1v) is 9.46. The molecule has 1 aliphatic carbocycles. The Morgan fingerprint density at radius 2 is 1.76 bits per heavy atom. The third kappa shape index (κ3) is 3.77. The molecule has 0 fully saturated rings. The van der Waals surface area contributed by atoms with Gasteiger partial charge in [-0.05, 0) is 47.9 Å². The fourth-order valence-electron chi connectivity index (χ4n) is 4.18. The van der Waals surface area contributed by atoms with E-state index >= 15 is 0 Å². The van der Waals surface area contributed by atoms with Gasteiger partial charge in [-0.2, -0.15) is 0 Å². The minimum Gasteiger partial charge on any atom is -0.349 e. The van der Waals surface area contributed by atoms with Crippen molar-refractivity contribution in [3.63, 3.8) is 0 Å². The van der Waals surface area contributed by atoms with Crippen LogP contribution in [-0.4, -0.2) is 23.9 Å². The van der Waals surface area contributed by atoms with Crippen molar-refractivity contribution in [1.82, 2.24) is 10.2 Å². The molecule has 2 aromatic carbocycles. The number of carbonyl (C=O) groups is 1. The third-order valence-corrected chi connectivity index (χ3v) is 5.57. The van der Waals surface area contributed by atoms with Gasteiger partial charge in [0.15, 0.2) is 0 Å². The minimum absolute atomic E-state index is 0.181. The molecule has 1 amide bonds. The van der Waals surface area contributed by atoms with Crippen LogP contribution in [0.5, 0.6) is 0 Å². The maximum atomic E-state index is 12.5. The lowest BCUT2D eigenvalue weighted by Gasteiger charge is -2.29. The van der Waals surface area contributed by atoms with Crippen LogP contribution in [0.15, 0.2) is 48.5 Å². The second-order valence-electron chi connectivity index (χ2n) is 7.26. The van der Waals surface area contributed by atoms with Gasteiger partial charge in [0.1, 0.15) is 0 Å². The van der Waals surface area contributed by atoms with Crippen molar-refractivity contribution in [2.75, 3.05) is 13.1 Å². The molecule has 3 nitrogen and oxygen atoms in total. The highest BCUT2D eigenvalue weighted by molar-refractivity contribution is 5.76. The van der Waals surface area contributed by atoms with Crippen molar-refractivity contribution in [2.45, 2.75) is 44.7 Å². The number of hydrogen-bond acceptors (Lipinski definition) is 2. The van der Waals surface area contributed by atoms with Gasteiger partial charge in [0.2, 0.25) is 5.91 Å². The average Bonchev–Trinajstić information content (AvgIpc) is 2.66. The topological polar surface area (TPSA) is 32.3 Å². The van der Waals surface area contributed by atoms with E-state index in [2.05, 4.69) is 58.7 Å². The van der Waals surface area contributed by atoms with Crippen LogP contribution in [0.4, 0.5) is 0 Å². The summed E-state index contributed by atoms with van der Waals surface area (Å²) in [6.07, 6.45) is 5.02. The molecule has 0 unspecified atom stereocenters. The molecule has 0 radical (unpaired) electrons. The molecule has 0 saturated carbocycles. The van der Waals surface area contributed by atoms with Gasteiger partial charge in [0.25, 0.3) is 0 Å². The van der Waals surface area contributed by atoms with E-state index in [-0.39, 0.29) is 11.9 Å². The van der Waals surface area contributed by atoms with Crippen molar-refractivity contribution in [2.24, 2.45) is 0 Å². The van der Waals surface area contributed by atoms with Gasteiger partial charge in [-0.3, -0.25) is 9.69 Å². The molecular formula is C22H26N2O. The second-order valence-corrected chi connectivity index (χ2v) is 7.26. The predicted molar refractivity (Wildman–Crippen MR) is 100 cm³/mol. The average molecular weight is 334 g/mol. The zero-order valence-corrected chi connectivity index (χ0v) is 14.7. The Hall–Kier alpha value is -2.13. The minimum atomic E-state index is 0.181. The summed E-state index contributed by atoms with van der Waals surface area (Å²) in [4.78, 5) is 14.9. The van der Waals surface area contributed by atoms with E-state index in [4.69, 9.17) is 0 Å². The molecule has 0 bridgehead atoms. The Bertz CT molecular complexity index is 755. The van der Waals surface area contributed by atoms with Crippen LogP contribution in [0.2, 0.25) is 0 Å². The van der Waals surface area contributed by atoms with Gasteiger partial charge in [-0.1, -0.05) is 48.5 Å². The molecule has 1 atom stereocenters. The number of aryl methyl sites for hydroxylation is 1. The lowest BCUT2D eigenvalue weighted by molar-refractivity contribution is -0.122. The normalized spacial score (nSPS) is 19.8. The van der Waals surface area contributed by atoms with E-state index in [0.717, 1.165) is 45.3 Å². The SMILES string of the molecule is O=C(CCN1CCc2ccccc2C1)N[C@@H]1CCCc2ccccc21. The summed E-state index contributed by atoms with van der Waals surface area (Å²) in [5.74, 6) is 0.181. The number of rotatable bonds is 4. The van der Waals surface area contributed by atoms with Crippen LogP contribution in [0.25, 0.3) is 0 Å². The molecule has 3 heteroatoms. The van der Waals surface area contributed by atoms with Crippen molar-refractivity contribution < 1.29 is 4.79 Å². The molecule has 130 valence electrons. The van der Waals surface area contributed by atoms with E-state index in [0.29, 0.717) is 6.42 Å². The van der Waals surface area contributed by atoms with Crippen molar-refractivity contribution in [3.05, 3.63) is 70.8 Å². The molecule has 0 aromatic heterocycles. The Balaban J connectivity index is 1.31. The number of carbonyl (C=O) groups excluding carboxylic acids is 1. The molecule has 1 heterocycles. The van der Waals surface area contributed by atoms with Gasteiger partial charge < -0.3 is 5.32 Å². The van der Waals surface area contributed by atoms with Crippen LogP contribution in [0, 0.1) is 0 Å². The largest absolute Gasteiger partial charge is 0.349 e. The van der Waals surface area contributed by atoms with Gasteiger partial charge in [0, 0.05) is 26.1 Å². The first-order valence-electron chi connectivity index (χ1n) is 9.46. The van der Waals surface area contributed by atoms with Gasteiger partial charge in [-0.15, -0.1) is 0 Å². The lowest BCUT2D eigenvalue weighted by atomic mass is 9.87. The summed E-state index contributed by atoms with van der Waals surface area (Å²) in [5, 5.41) is 3.27. The van der Waals surface area contributed by atoms with E-state index in [1.54, 1.807) is 0 Å². The van der Waals surface area contributed by atoms with Crippen LogP contribution in [0.1, 0.15) is 47.6 Å². The third-order valence-electron chi connectivity index (χ3n) is 5.57. The Morgan fingerprint density at radius 3 is 2.64 bits per heavy atom. The number of nitrogens with zero attached hydrogens (tertiary/aromatic N) is 1. The second kappa shape index (κ2) is 7.40. The highest BCUT2D eigenvalue weighted by Crippen LogP contribution is 2.29. The standard InChI is InChI=1S/C22H26N2O/c25-22(23-21-11-5-9-18-7-3-4-10-20(18)21)13-15-24-14-12-17-6-1-2-8-19(17)16-24/h1-4,6-8,10,21H,5,9,11-16H2,(H,23,25)/t21-/m1/s1. The van der Waals surface area contributed by atoms with Crippen LogP contribution < -0.4 is 5.32 Å². The molecule has 0 spiro atoms. The predicted octanol–water partition coefficient (Wildman–Crippen LogP) is 3.63. The molecule has 2 aliphatic rings. The molecule has 1 N–H and O–H groups in total. The molecular weight excluding hydrogens is 308 g/mol. The molecule has 4 rings (SSSR count). The molecule has 2 aromatic rings. The van der Waals surface area contributed by atoms with Crippen LogP contribution >= 0.6 is 0 Å². The highest BCUT2D eigenvalue weighted by Gasteiger charge is 2.22. The van der Waals surface area contributed by atoms with Crippen LogP contribution in [0.3, 0.4) is 0 Å². The summed E-state index contributed by atoms with van der Waals surface area (Å²) >= 11 is 0. The zero-order chi connectivity index (χ0) is 17.1. The number of amides is 1. The summed E-state index contributed by atoms with van der Waals surface area (Å²) in [6.45, 7) is 2.86. The summed E-state index contributed by atoms with van der Waals surface area (Å²) in [6, 6.07) is 17.4. The number of nitrogens with one attached hydrogen (secondary N) is 1. The first-order chi connectivity index (χ1) is 12.3. The van der Waals surface area contributed by atoms with Gasteiger partial charge in [-0.25, -0.2) is 0 Å². The summed E-state index contributed by atoms with van der Waals surface area (Å²) in [7, 11) is 0. The van der Waals surface area contributed by atoms with E-state index in [1.807, 2.05) is 0 Å². The fourth-order valence-corrected chi connectivity index (χ4v) is 4.18. The van der Waals surface area contributed by atoms with E-state index < -0.39 is 0 Å². The van der Waals surface area contributed by atoms with E-state index in [1.165, 1.54) is 22.3 Å². The zero-order valence-electron chi connectivity index (χ0n) is 14.7. The maximum Gasteiger partial charge on any atom is 0.221 e. The quantitative estimate of drug-likeness (QED) is 0.926. The summed E-state index contributed by atoms with van der Waals surface area (Å²) in [5.41, 5.74) is 5.58. The van der Waals surface area contributed by atoms with Crippen molar-refractivity contribution >= 4 is 5.91 Å². The first kappa shape index (κ1) is 16.3. The Labute approximate surface area is 150 Å². The van der Waals surface area contributed by atoms with Gasteiger partial charge in [0.05, 0.1) is 6.04 Å². The smallest absolute Gasteiger partial charge is 0.221 e. The maximum absolute atomic E-state index is 12.5. The van der Waals surface area contributed by atoms with Gasteiger partial charge >= 0.3 is 0 Å². The Kier molecular flexibility index (Phi) is 4.84. The Morgan fingerprint density at radius 1 is 1.00 bits per heavy atom. The molecule has 1 aliphatic heterocycles. The summed E-state index contributed by atoms with van der Waals surface area (Å²) < 4.78 is 0. The molecule has 25 heavy (non-hydrogen) atoms. The number of fused-ring (bicyclic) bond motifs is 2.